The van der Waals surface area contributed by atoms with Crippen LogP contribution in [0.2, 0.25) is 0 Å². The first-order valence-corrected chi connectivity index (χ1v) is 7.24. The van der Waals surface area contributed by atoms with Gasteiger partial charge in [0.2, 0.25) is 0 Å². The molecule has 1 aromatic heterocycles. The Hall–Kier alpha value is -0.890. The van der Waals surface area contributed by atoms with Crippen molar-refractivity contribution in [2.75, 3.05) is 6.54 Å². The van der Waals surface area contributed by atoms with Crippen molar-refractivity contribution in [1.82, 2.24) is 10.3 Å². The maximum absolute atomic E-state index is 4.08. The zero-order chi connectivity index (χ0) is 13.4. The monoisotopic (exact) mass is 248 g/mol. The van der Waals surface area contributed by atoms with Crippen LogP contribution in [0.25, 0.3) is 0 Å². The van der Waals surface area contributed by atoms with Crippen LogP contribution in [-0.4, -0.2) is 17.6 Å². The van der Waals surface area contributed by atoms with Crippen molar-refractivity contribution in [3.8, 4) is 0 Å². The van der Waals surface area contributed by atoms with Crippen LogP contribution >= 0.6 is 0 Å². The molecule has 0 amide bonds. The molecule has 102 valence electrons. The minimum Gasteiger partial charge on any atom is -0.314 e. The topological polar surface area (TPSA) is 24.9 Å². The molecule has 0 saturated heterocycles. The smallest absolute Gasteiger partial charge is 0.0270 e. The summed E-state index contributed by atoms with van der Waals surface area (Å²) in [6, 6.07) is 4.83. The summed E-state index contributed by atoms with van der Waals surface area (Å²) in [5.74, 6) is 1.58. The quantitative estimate of drug-likeness (QED) is 0.759. The molecule has 0 saturated carbocycles. The normalized spacial score (nSPS) is 14.7. The van der Waals surface area contributed by atoms with Crippen molar-refractivity contribution < 1.29 is 0 Å². The van der Waals surface area contributed by atoms with E-state index in [4.69, 9.17) is 0 Å². The van der Waals surface area contributed by atoms with Crippen molar-refractivity contribution in [3.63, 3.8) is 0 Å². The van der Waals surface area contributed by atoms with Gasteiger partial charge >= 0.3 is 0 Å². The van der Waals surface area contributed by atoms with Gasteiger partial charge in [0.25, 0.3) is 0 Å². The minimum atomic E-state index is 0.589. The highest BCUT2D eigenvalue weighted by atomic mass is 14.9. The highest BCUT2D eigenvalue weighted by molar-refractivity contribution is 5.11. The average Bonchev–Trinajstić information content (AvgIpc) is 2.29. The number of hydrogen-bond acceptors (Lipinski definition) is 2. The molecule has 0 radical (unpaired) electrons. The highest BCUT2D eigenvalue weighted by Crippen LogP contribution is 2.18. The predicted molar refractivity (Wildman–Crippen MR) is 78.6 cm³/mol. The molecule has 18 heavy (non-hydrogen) atoms. The Labute approximate surface area is 112 Å². The molecule has 1 aromatic rings. The molecule has 0 aliphatic rings. The van der Waals surface area contributed by atoms with Gasteiger partial charge in [-0.1, -0.05) is 27.7 Å². The Kier molecular flexibility index (Phi) is 6.96. The van der Waals surface area contributed by atoms with E-state index in [-0.39, 0.29) is 0 Å². The van der Waals surface area contributed by atoms with E-state index in [9.17, 15) is 0 Å². The van der Waals surface area contributed by atoms with Gasteiger partial charge in [0, 0.05) is 18.4 Å². The fourth-order valence-corrected chi connectivity index (χ4v) is 2.72. The Morgan fingerprint density at radius 3 is 2.33 bits per heavy atom. The van der Waals surface area contributed by atoms with E-state index in [2.05, 4.69) is 50.1 Å². The fourth-order valence-electron chi connectivity index (χ4n) is 2.72. The molecule has 2 atom stereocenters. The molecular formula is C16H28N2. The largest absolute Gasteiger partial charge is 0.314 e. The molecule has 0 fully saturated rings. The van der Waals surface area contributed by atoms with Crippen LogP contribution in [0.4, 0.5) is 0 Å². The Morgan fingerprint density at radius 1 is 1.11 bits per heavy atom. The van der Waals surface area contributed by atoms with Crippen molar-refractivity contribution in [1.29, 1.82) is 0 Å². The van der Waals surface area contributed by atoms with Crippen LogP contribution in [0.1, 0.15) is 46.1 Å². The second-order valence-corrected chi connectivity index (χ2v) is 5.78. The van der Waals surface area contributed by atoms with Crippen LogP contribution < -0.4 is 5.32 Å². The lowest BCUT2D eigenvalue weighted by atomic mass is 9.90. The molecule has 1 heterocycles. The van der Waals surface area contributed by atoms with Crippen LogP contribution in [0.5, 0.6) is 0 Å². The van der Waals surface area contributed by atoms with Gasteiger partial charge in [-0.25, -0.2) is 0 Å². The van der Waals surface area contributed by atoms with Crippen molar-refractivity contribution in [2.24, 2.45) is 11.8 Å². The second kappa shape index (κ2) is 8.25. The highest BCUT2D eigenvalue weighted by Gasteiger charge is 2.14. The van der Waals surface area contributed by atoms with Crippen molar-refractivity contribution in [3.05, 3.63) is 30.1 Å². The number of pyridine rings is 1. The van der Waals surface area contributed by atoms with E-state index in [0.29, 0.717) is 6.04 Å². The predicted octanol–water partition coefficient (Wildman–Crippen LogP) is 3.67. The summed E-state index contributed by atoms with van der Waals surface area (Å²) >= 11 is 0. The van der Waals surface area contributed by atoms with Crippen LogP contribution in [0.15, 0.2) is 24.5 Å². The molecular weight excluding hydrogens is 220 g/mol. The molecule has 0 aromatic carbocycles. The van der Waals surface area contributed by atoms with Crippen LogP contribution in [0, 0.1) is 11.8 Å². The number of rotatable bonds is 8. The summed E-state index contributed by atoms with van der Waals surface area (Å²) in [6.07, 6.45) is 7.46. The summed E-state index contributed by atoms with van der Waals surface area (Å²) < 4.78 is 0. The molecule has 0 spiro atoms. The van der Waals surface area contributed by atoms with Gasteiger partial charge in [-0.2, -0.15) is 0 Å². The van der Waals surface area contributed by atoms with E-state index >= 15 is 0 Å². The third-order valence-electron chi connectivity index (χ3n) is 3.28. The average molecular weight is 248 g/mol. The van der Waals surface area contributed by atoms with Gasteiger partial charge in [0.1, 0.15) is 0 Å². The van der Waals surface area contributed by atoms with Gasteiger partial charge in [-0.15, -0.1) is 0 Å². The molecule has 0 aliphatic carbocycles. The molecule has 0 bridgehead atoms. The standard InChI is InChI=1S/C16H28N2/c1-5-18-16(11-14(4)10-13(2)3)12-15-6-8-17-9-7-15/h6-9,13-14,16,18H,5,10-12H2,1-4H3. The SMILES string of the molecule is CCNC(Cc1ccncc1)CC(C)CC(C)C. The number of aromatic nitrogens is 1. The summed E-state index contributed by atoms with van der Waals surface area (Å²) in [6.45, 7) is 10.2. The first-order chi connectivity index (χ1) is 8.61. The summed E-state index contributed by atoms with van der Waals surface area (Å²) in [5.41, 5.74) is 1.38. The van der Waals surface area contributed by atoms with E-state index in [0.717, 1.165) is 24.8 Å². The van der Waals surface area contributed by atoms with Gasteiger partial charge < -0.3 is 5.32 Å². The first-order valence-electron chi connectivity index (χ1n) is 7.24. The van der Waals surface area contributed by atoms with Crippen LogP contribution in [0.3, 0.4) is 0 Å². The van der Waals surface area contributed by atoms with Gasteiger partial charge in [-0.3, -0.25) is 4.98 Å². The third kappa shape index (κ3) is 6.15. The van der Waals surface area contributed by atoms with Crippen LogP contribution in [-0.2, 0) is 6.42 Å². The first kappa shape index (κ1) is 15.2. The third-order valence-corrected chi connectivity index (χ3v) is 3.28. The van der Waals surface area contributed by atoms with Gasteiger partial charge in [0.05, 0.1) is 0 Å². The van der Waals surface area contributed by atoms with Crippen molar-refractivity contribution in [2.45, 2.75) is 53.0 Å². The van der Waals surface area contributed by atoms with Gasteiger partial charge in [0.15, 0.2) is 0 Å². The van der Waals surface area contributed by atoms with E-state index in [1.165, 1.54) is 18.4 Å². The Bertz CT molecular complexity index is 308. The lowest BCUT2D eigenvalue weighted by Crippen LogP contribution is -2.32. The number of nitrogens with zero attached hydrogens (tertiary/aromatic N) is 1. The zero-order valence-electron chi connectivity index (χ0n) is 12.3. The number of nitrogens with one attached hydrogen (secondary N) is 1. The summed E-state index contributed by atoms with van der Waals surface area (Å²) in [4.78, 5) is 4.08. The lowest BCUT2D eigenvalue weighted by molar-refractivity contribution is 0.353. The molecule has 2 heteroatoms. The lowest BCUT2D eigenvalue weighted by Gasteiger charge is -2.23. The fraction of sp³-hybridized carbons (Fsp3) is 0.688. The van der Waals surface area contributed by atoms with E-state index in [1.54, 1.807) is 0 Å². The Morgan fingerprint density at radius 2 is 1.78 bits per heavy atom. The number of likely N-dealkylation sites (N-methyl/N-ethyl adjacent to an activating group) is 1. The second-order valence-electron chi connectivity index (χ2n) is 5.78. The van der Waals surface area contributed by atoms with Crippen molar-refractivity contribution >= 4 is 0 Å². The minimum absolute atomic E-state index is 0.589. The molecule has 2 nitrogen and oxygen atoms in total. The van der Waals surface area contributed by atoms with E-state index in [1.807, 2.05) is 12.4 Å². The molecule has 2 unspecified atom stereocenters. The van der Waals surface area contributed by atoms with E-state index < -0.39 is 0 Å². The zero-order valence-corrected chi connectivity index (χ0v) is 12.3. The number of hydrogen-bond donors (Lipinski definition) is 1. The summed E-state index contributed by atoms with van der Waals surface area (Å²) in [7, 11) is 0. The summed E-state index contributed by atoms with van der Waals surface area (Å²) in [5, 5.41) is 3.61. The molecule has 0 aliphatic heterocycles. The molecule has 1 rings (SSSR count). The Balaban J connectivity index is 2.49. The molecule has 1 N–H and O–H groups in total. The van der Waals surface area contributed by atoms with Gasteiger partial charge in [-0.05, 0) is 55.3 Å². The maximum Gasteiger partial charge on any atom is 0.0270 e. The maximum atomic E-state index is 4.08.